The second kappa shape index (κ2) is 11.9. The average molecular weight is 548 g/mol. The Kier molecular flexibility index (Phi) is 8.53. The van der Waals surface area contributed by atoms with Gasteiger partial charge in [0.05, 0.1) is 30.7 Å². The van der Waals surface area contributed by atoms with E-state index in [1.54, 1.807) is 35.2 Å². The van der Waals surface area contributed by atoms with Gasteiger partial charge >= 0.3 is 6.09 Å². The quantitative estimate of drug-likeness (QED) is 0.372. The highest BCUT2D eigenvalue weighted by molar-refractivity contribution is 5.90. The van der Waals surface area contributed by atoms with Crippen LogP contribution in [-0.4, -0.2) is 54.3 Å². The number of aryl methyl sites for hydroxylation is 1. The number of fused-ring (bicyclic) bond motifs is 2. The van der Waals surface area contributed by atoms with Gasteiger partial charge in [0.2, 0.25) is 5.95 Å². The number of anilines is 3. The summed E-state index contributed by atoms with van der Waals surface area (Å²) in [6, 6.07) is 9.50. The summed E-state index contributed by atoms with van der Waals surface area (Å²) < 4.78 is 8.77. The van der Waals surface area contributed by atoms with Crippen LogP contribution in [0.1, 0.15) is 58.1 Å². The molecule has 212 valence electrons. The van der Waals surface area contributed by atoms with E-state index in [0.29, 0.717) is 42.4 Å². The minimum atomic E-state index is -0.606. The van der Waals surface area contributed by atoms with Gasteiger partial charge in [-0.15, -0.1) is 0 Å². The number of aromatic nitrogens is 5. The molecule has 1 aliphatic rings. The van der Waals surface area contributed by atoms with E-state index >= 15 is 0 Å². The normalized spacial score (nSPS) is 14.8. The molecule has 0 bridgehead atoms. The minimum Gasteiger partial charge on any atom is -0.443 e. The van der Waals surface area contributed by atoms with Crippen molar-refractivity contribution in [1.29, 1.82) is 0 Å². The molecular weight excluding hydrogens is 510 g/mol. The van der Waals surface area contributed by atoms with Crippen molar-refractivity contribution in [2.24, 2.45) is 7.05 Å². The zero-order chi connectivity index (χ0) is 29.0. The molecule has 0 aliphatic carbocycles. The van der Waals surface area contributed by atoms with E-state index in [9.17, 15) is 9.59 Å². The second-order valence-electron chi connectivity index (χ2n) is 10.3. The molecule has 1 atom stereocenters. The predicted octanol–water partition coefficient (Wildman–Crippen LogP) is 4.56. The van der Waals surface area contributed by atoms with Gasteiger partial charge in [-0.05, 0) is 44.9 Å². The molecule has 0 spiro atoms. The zero-order valence-corrected chi connectivity index (χ0v) is 23.9. The van der Waals surface area contributed by atoms with Crippen LogP contribution in [0.3, 0.4) is 0 Å². The Morgan fingerprint density at radius 3 is 2.65 bits per heavy atom. The molecule has 5 rings (SSSR count). The Morgan fingerprint density at radius 1 is 1.18 bits per heavy atom. The number of para-hydroxylation sites is 1. The third kappa shape index (κ3) is 5.99. The average Bonchev–Trinajstić information content (AvgIpc) is 3.37. The number of aliphatic hydroxyl groups is 1. The zero-order valence-electron chi connectivity index (χ0n) is 23.9. The van der Waals surface area contributed by atoms with E-state index in [1.165, 1.54) is 4.57 Å². The number of amides is 1. The van der Waals surface area contributed by atoms with Crippen molar-refractivity contribution in [3.63, 3.8) is 0 Å². The molecule has 40 heavy (non-hydrogen) atoms. The maximum absolute atomic E-state index is 13.6. The number of carbonyl (C=O) groups excluding carboxylic acids is 1. The number of benzene rings is 1. The standard InChI is InChI=1S/C27H31N7O4.C2H6/c1-27(2,3)38-26(37)34-10-9-19(20-7-5-6-8-22(20)34)21-13-17-14-28-25(31-23(17)32(4)24(21)36)30-18-15-29-33(16-18)11-12-35;1-2/h5-8,13-16,19,35H,9-12H2,1-4H3,(H,28,30,31);1-2H3. The molecule has 0 radical (unpaired) electrons. The van der Waals surface area contributed by atoms with Crippen LogP contribution >= 0.6 is 0 Å². The molecule has 1 amide bonds. The largest absolute Gasteiger partial charge is 0.443 e. The molecule has 2 N–H and O–H groups in total. The van der Waals surface area contributed by atoms with Crippen molar-refractivity contribution < 1.29 is 14.6 Å². The van der Waals surface area contributed by atoms with Crippen molar-refractivity contribution in [1.82, 2.24) is 24.3 Å². The fourth-order valence-electron chi connectivity index (χ4n) is 4.76. The maximum Gasteiger partial charge on any atom is 0.414 e. The highest BCUT2D eigenvalue weighted by atomic mass is 16.6. The lowest BCUT2D eigenvalue weighted by atomic mass is 9.84. The van der Waals surface area contributed by atoms with Gasteiger partial charge in [0, 0.05) is 42.9 Å². The van der Waals surface area contributed by atoms with E-state index in [-0.39, 0.29) is 18.1 Å². The van der Waals surface area contributed by atoms with Crippen molar-refractivity contribution in [3.8, 4) is 0 Å². The van der Waals surface area contributed by atoms with Gasteiger partial charge in [0.15, 0.2) is 0 Å². The number of carbonyl (C=O) groups is 1. The molecule has 1 unspecified atom stereocenters. The molecule has 0 fully saturated rings. The Labute approximate surface area is 233 Å². The Hall–Kier alpha value is -4.25. The number of nitrogens with zero attached hydrogens (tertiary/aromatic N) is 6. The van der Waals surface area contributed by atoms with Gasteiger partial charge in [-0.25, -0.2) is 9.78 Å². The molecule has 4 heterocycles. The molecule has 3 aromatic heterocycles. The number of pyridine rings is 1. The molecule has 0 saturated carbocycles. The van der Waals surface area contributed by atoms with Crippen LogP contribution in [0.2, 0.25) is 0 Å². The molecule has 1 aliphatic heterocycles. The van der Waals surface area contributed by atoms with Gasteiger partial charge in [-0.1, -0.05) is 32.0 Å². The maximum atomic E-state index is 13.6. The summed E-state index contributed by atoms with van der Waals surface area (Å²) in [6.07, 6.45) is 5.23. The second-order valence-corrected chi connectivity index (χ2v) is 10.3. The van der Waals surface area contributed by atoms with Crippen molar-refractivity contribution in [2.75, 3.05) is 23.4 Å². The minimum absolute atomic E-state index is 0.0114. The van der Waals surface area contributed by atoms with Crippen LogP contribution in [0.4, 0.5) is 22.1 Å². The summed E-state index contributed by atoms with van der Waals surface area (Å²) in [5, 5.41) is 17.1. The lowest BCUT2D eigenvalue weighted by Gasteiger charge is -2.35. The van der Waals surface area contributed by atoms with Crippen LogP contribution in [0.25, 0.3) is 11.0 Å². The third-order valence-corrected chi connectivity index (χ3v) is 6.43. The smallest absolute Gasteiger partial charge is 0.414 e. The van der Waals surface area contributed by atoms with Gasteiger partial charge in [0.1, 0.15) is 11.2 Å². The first-order valence-corrected chi connectivity index (χ1v) is 13.5. The summed E-state index contributed by atoms with van der Waals surface area (Å²) in [5.41, 5.74) is 2.70. The summed E-state index contributed by atoms with van der Waals surface area (Å²) in [7, 11) is 1.70. The molecule has 11 heteroatoms. The summed E-state index contributed by atoms with van der Waals surface area (Å²) in [4.78, 5) is 37.1. The Balaban J connectivity index is 0.00000181. The van der Waals surface area contributed by atoms with Crippen LogP contribution in [0, 0.1) is 0 Å². The number of nitrogens with one attached hydrogen (secondary N) is 1. The van der Waals surface area contributed by atoms with Crippen molar-refractivity contribution in [2.45, 2.75) is 59.1 Å². The topological polar surface area (TPSA) is 127 Å². The van der Waals surface area contributed by atoms with E-state index in [2.05, 4.69) is 20.4 Å². The SMILES string of the molecule is CC.Cn1c(=O)c(C2CCN(C(=O)OC(C)(C)C)c3ccccc32)cc2cnc(Nc3cnn(CCO)c3)nc21. The molecule has 4 aromatic rings. The number of hydrogen-bond donors (Lipinski definition) is 2. The molecular formula is C29H37N7O4. The number of aliphatic hydroxyl groups excluding tert-OH is 1. The van der Waals surface area contributed by atoms with E-state index in [4.69, 9.17) is 9.84 Å². The van der Waals surface area contributed by atoms with Gasteiger partial charge in [-0.3, -0.25) is 18.9 Å². The lowest BCUT2D eigenvalue weighted by Crippen LogP contribution is -2.41. The highest BCUT2D eigenvalue weighted by Gasteiger charge is 2.33. The van der Waals surface area contributed by atoms with Crippen LogP contribution in [0.5, 0.6) is 0 Å². The molecule has 0 saturated heterocycles. The fourth-order valence-corrected chi connectivity index (χ4v) is 4.76. The van der Waals surface area contributed by atoms with E-state index in [1.807, 2.05) is 65.0 Å². The number of ether oxygens (including phenoxy) is 1. The first-order chi connectivity index (χ1) is 19.1. The highest BCUT2D eigenvalue weighted by Crippen LogP contribution is 2.39. The first kappa shape index (κ1) is 28.8. The van der Waals surface area contributed by atoms with Crippen molar-refractivity contribution in [3.05, 3.63) is 70.4 Å². The van der Waals surface area contributed by atoms with Gasteiger partial charge in [0.25, 0.3) is 5.56 Å². The Morgan fingerprint density at radius 2 is 1.93 bits per heavy atom. The van der Waals surface area contributed by atoms with E-state index in [0.717, 1.165) is 16.6 Å². The lowest BCUT2D eigenvalue weighted by molar-refractivity contribution is 0.0577. The molecule has 11 nitrogen and oxygen atoms in total. The number of hydrogen-bond acceptors (Lipinski definition) is 8. The van der Waals surface area contributed by atoms with Crippen LogP contribution < -0.4 is 15.8 Å². The summed E-state index contributed by atoms with van der Waals surface area (Å²) in [6.45, 7) is 10.3. The first-order valence-electron chi connectivity index (χ1n) is 13.5. The van der Waals surface area contributed by atoms with Crippen LogP contribution in [0.15, 0.2) is 53.7 Å². The fraction of sp³-hybridized carbons (Fsp3) is 0.414. The monoisotopic (exact) mass is 547 g/mol. The predicted molar refractivity (Wildman–Crippen MR) is 155 cm³/mol. The van der Waals surface area contributed by atoms with Crippen molar-refractivity contribution >= 4 is 34.4 Å². The van der Waals surface area contributed by atoms with Crippen LogP contribution in [-0.2, 0) is 18.3 Å². The molecule has 1 aromatic carbocycles. The Bertz CT molecular complexity index is 1550. The summed E-state index contributed by atoms with van der Waals surface area (Å²) >= 11 is 0. The summed E-state index contributed by atoms with van der Waals surface area (Å²) in [5.74, 6) is 0.142. The van der Waals surface area contributed by atoms with Gasteiger partial charge in [-0.2, -0.15) is 10.1 Å². The van der Waals surface area contributed by atoms with E-state index < -0.39 is 11.7 Å². The van der Waals surface area contributed by atoms with Gasteiger partial charge < -0.3 is 15.2 Å². The number of rotatable bonds is 5. The third-order valence-electron chi connectivity index (χ3n) is 6.43.